The van der Waals surface area contributed by atoms with E-state index in [4.69, 9.17) is 4.74 Å². The van der Waals surface area contributed by atoms with Gasteiger partial charge in [-0.15, -0.1) is 0 Å². The highest BCUT2D eigenvalue weighted by atomic mass is 16.5. The molecule has 0 fully saturated rings. The van der Waals surface area contributed by atoms with Gasteiger partial charge in [-0.2, -0.15) is 5.10 Å². The van der Waals surface area contributed by atoms with Gasteiger partial charge in [-0.3, -0.25) is 9.89 Å². The van der Waals surface area contributed by atoms with Crippen LogP contribution in [0.15, 0.2) is 78.9 Å². The summed E-state index contributed by atoms with van der Waals surface area (Å²) < 4.78 is 5.16. The maximum Gasteiger partial charge on any atom is 0.224 e. The minimum atomic E-state index is -0.0649. The largest absolute Gasteiger partial charge is 0.497 e. The highest BCUT2D eigenvalue weighted by Crippen LogP contribution is 2.20. The smallest absolute Gasteiger partial charge is 0.224 e. The zero-order valence-corrected chi connectivity index (χ0v) is 16.6. The van der Waals surface area contributed by atoms with Gasteiger partial charge in [0.25, 0.3) is 0 Å². The van der Waals surface area contributed by atoms with Gasteiger partial charge < -0.3 is 10.1 Å². The van der Waals surface area contributed by atoms with Crippen LogP contribution in [0, 0.1) is 0 Å². The molecule has 0 aliphatic heterocycles. The van der Waals surface area contributed by atoms with E-state index in [2.05, 4.69) is 32.6 Å². The summed E-state index contributed by atoms with van der Waals surface area (Å²) in [7, 11) is 1.63. The Labute approximate surface area is 175 Å². The molecule has 4 aromatic rings. The first-order valence-electron chi connectivity index (χ1n) is 9.68. The van der Waals surface area contributed by atoms with Crippen molar-refractivity contribution in [2.24, 2.45) is 0 Å². The van der Waals surface area contributed by atoms with Gasteiger partial charge >= 0.3 is 0 Å². The highest BCUT2D eigenvalue weighted by Gasteiger charge is 2.09. The molecule has 0 radical (unpaired) electrons. The number of carbonyl (C=O) groups is 1. The summed E-state index contributed by atoms with van der Waals surface area (Å²) >= 11 is 0. The second-order valence-electron chi connectivity index (χ2n) is 6.85. The molecule has 1 amide bonds. The van der Waals surface area contributed by atoms with Crippen LogP contribution in [0.2, 0.25) is 0 Å². The first-order valence-corrected chi connectivity index (χ1v) is 9.68. The van der Waals surface area contributed by atoms with Crippen LogP contribution in [-0.4, -0.2) is 28.2 Å². The third-order valence-corrected chi connectivity index (χ3v) is 4.76. The summed E-state index contributed by atoms with van der Waals surface area (Å²) in [6.07, 6.45) is 0.314. The predicted molar refractivity (Wildman–Crippen MR) is 116 cm³/mol. The molecule has 6 nitrogen and oxygen atoms in total. The van der Waals surface area contributed by atoms with E-state index in [1.165, 1.54) is 0 Å². The Morgan fingerprint density at radius 3 is 2.27 bits per heavy atom. The Morgan fingerprint density at radius 1 is 0.900 bits per heavy atom. The van der Waals surface area contributed by atoms with Crippen molar-refractivity contribution in [1.82, 2.24) is 20.5 Å². The van der Waals surface area contributed by atoms with Crippen molar-refractivity contribution >= 4 is 5.91 Å². The van der Waals surface area contributed by atoms with Gasteiger partial charge in [0.2, 0.25) is 5.91 Å². The van der Waals surface area contributed by atoms with Crippen molar-refractivity contribution < 1.29 is 9.53 Å². The number of aromatic amines is 1. The monoisotopic (exact) mass is 398 g/mol. The van der Waals surface area contributed by atoms with Crippen LogP contribution >= 0.6 is 0 Å². The summed E-state index contributed by atoms with van der Waals surface area (Å²) in [5.74, 6) is 1.90. The molecule has 0 atom stereocenters. The van der Waals surface area contributed by atoms with Crippen LogP contribution in [0.4, 0.5) is 0 Å². The fraction of sp³-hybridized carbons (Fsp3) is 0.125. The number of carbonyl (C=O) groups excluding carboxylic acids is 1. The molecule has 0 saturated carbocycles. The normalized spacial score (nSPS) is 10.6. The molecule has 1 aromatic heterocycles. The molecule has 150 valence electrons. The number of rotatable bonds is 7. The van der Waals surface area contributed by atoms with Gasteiger partial charge in [0.05, 0.1) is 20.1 Å². The lowest BCUT2D eigenvalue weighted by Gasteiger charge is -2.05. The van der Waals surface area contributed by atoms with Gasteiger partial charge in [0.15, 0.2) is 5.82 Å². The zero-order chi connectivity index (χ0) is 20.8. The number of hydrogen-bond donors (Lipinski definition) is 2. The minimum absolute atomic E-state index is 0.0649. The van der Waals surface area contributed by atoms with E-state index < -0.39 is 0 Å². The summed E-state index contributed by atoms with van der Waals surface area (Å²) in [5.41, 5.74) is 4.13. The minimum Gasteiger partial charge on any atom is -0.497 e. The third-order valence-electron chi connectivity index (χ3n) is 4.76. The quantitative estimate of drug-likeness (QED) is 0.493. The second-order valence-corrected chi connectivity index (χ2v) is 6.85. The first kappa shape index (κ1) is 19.4. The average Bonchev–Trinajstić information content (AvgIpc) is 3.28. The van der Waals surface area contributed by atoms with Gasteiger partial charge in [-0.1, -0.05) is 54.6 Å². The first-order chi connectivity index (χ1) is 14.7. The maximum atomic E-state index is 12.3. The lowest BCUT2D eigenvalue weighted by molar-refractivity contribution is -0.120. The topological polar surface area (TPSA) is 79.9 Å². The number of amides is 1. The van der Waals surface area contributed by atoms with E-state index in [1.54, 1.807) is 7.11 Å². The number of aromatic nitrogens is 3. The molecule has 0 aliphatic carbocycles. The van der Waals surface area contributed by atoms with Gasteiger partial charge in [-0.25, -0.2) is 4.98 Å². The number of ether oxygens (including phenoxy) is 1. The van der Waals surface area contributed by atoms with E-state index in [0.29, 0.717) is 24.6 Å². The van der Waals surface area contributed by atoms with Crippen LogP contribution in [-0.2, 0) is 17.8 Å². The van der Waals surface area contributed by atoms with Crippen LogP contribution in [0.3, 0.4) is 0 Å². The molecule has 2 N–H and O–H groups in total. The van der Waals surface area contributed by atoms with Crippen LogP contribution in [0.25, 0.3) is 22.5 Å². The molecular weight excluding hydrogens is 376 g/mol. The van der Waals surface area contributed by atoms with Crippen molar-refractivity contribution in [3.8, 4) is 28.3 Å². The molecule has 6 heteroatoms. The fourth-order valence-electron chi connectivity index (χ4n) is 3.12. The number of nitrogens with zero attached hydrogens (tertiary/aromatic N) is 2. The Hall–Kier alpha value is -3.93. The van der Waals surface area contributed by atoms with Gasteiger partial charge in [-0.05, 0) is 41.0 Å². The number of methoxy groups -OCH3 is 1. The average molecular weight is 398 g/mol. The van der Waals surface area contributed by atoms with E-state index >= 15 is 0 Å². The molecule has 0 aliphatic rings. The fourth-order valence-corrected chi connectivity index (χ4v) is 3.12. The standard InChI is InChI=1S/C24H22N4O2/c1-30-21-13-11-20(12-14-21)24-26-22(27-28-24)16-25-23(29)15-17-7-9-19(10-8-17)18-5-3-2-4-6-18/h2-14H,15-16H2,1H3,(H,25,29)(H,26,27,28). The van der Waals surface area contributed by atoms with Crippen molar-refractivity contribution in [1.29, 1.82) is 0 Å². The summed E-state index contributed by atoms with van der Waals surface area (Å²) in [6.45, 7) is 0.296. The van der Waals surface area contributed by atoms with Crippen molar-refractivity contribution in [3.05, 3.63) is 90.3 Å². The SMILES string of the molecule is COc1ccc(-c2n[nH]c(CNC(=O)Cc3ccc(-c4ccccc4)cc3)n2)cc1. The summed E-state index contributed by atoms with van der Waals surface area (Å²) in [6, 6.07) is 25.7. The molecule has 0 bridgehead atoms. The lowest BCUT2D eigenvalue weighted by atomic mass is 10.0. The molecular formula is C24H22N4O2. The van der Waals surface area contributed by atoms with E-state index in [1.807, 2.05) is 66.7 Å². The van der Waals surface area contributed by atoms with Gasteiger partial charge in [0, 0.05) is 5.56 Å². The maximum absolute atomic E-state index is 12.3. The Kier molecular flexibility index (Phi) is 5.85. The molecule has 1 heterocycles. The van der Waals surface area contributed by atoms with Crippen molar-refractivity contribution in [3.63, 3.8) is 0 Å². The van der Waals surface area contributed by atoms with Crippen molar-refractivity contribution in [2.75, 3.05) is 7.11 Å². The van der Waals surface area contributed by atoms with Crippen LogP contribution in [0.5, 0.6) is 5.75 Å². The Morgan fingerprint density at radius 2 is 1.57 bits per heavy atom. The number of nitrogens with one attached hydrogen (secondary N) is 2. The molecule has 3 aromatic carbocycles. The van der Waals surface area contributed by atoms with Crippen LogP contribution in [0.1, 0.15) is 11.4 Å². The predicted octanol–water partition coefficient (Wildman–Crippen LogP) is 4.01. The summed E-state index contributed by atoms with van der Waals surface area (Å²) in [4.78, 5) is 16.7. The molecule has 4 rings (SSSR count). The lowest BCUT2D eigenvalue weighted by Crippen LogP contribution is -2.25. The molecule has 30 heavy (non-hydrogen) atoms. The highest BCUT2D eigenvalue weighted by molar-refractivity contribution is 5.78. The molecule has 0 spiro atoms. The molecule has 0 saturated heterocycles. The number of benzene rings is 3. The van der Waals surface area contributed by atoms with E-state index in [0.717, 1.165) is 28.0 Å². The van der Waals surface area contributed by atoms with Crippen LogP contribution < -0.4 is 10.1 Å². The van der Waals surface area contributed by atoms with Crippen molar-refractivity contribution in [2.45, 2.75) is 13.0 Å². The number of H-pyrrole nitrogens is 1. The van der Waals surface area contributed by atoms with E-state index in [-0.39, 0.29) is 5.91 Å². The Balaban J connectivity index is 1.31. The van der Waals surface area contributed by atoms with E-state index in [9.17, 15) is 4.79 Å². The third kappa shape index (κ3) is 4.72. The number of hydrogen-bond acceptors (Lipinski definition) is 4. The van der Waals surface area contributed by atoms with Gasteiger partial charge in [0.1, 0.15) is 11.6 Å². The second kappa shape index (κ2) is 9.05. The summed E-state index contributed by atoms with van der Waals surface area (Å²) in [5, 5.41) is 9.97. The molecule has 0 unspecified atom stereocenters. The zero-order valence-electron chi connectivity index (χ0n) is 16.6. The Bertz CT molecular complexity index is 1100.